The van der Waals surface area contributed by atoms with Crippen LogP contribution in [-0.4, -0.2) is 66.7 Å². The summed E-state index contributed by atoms with van der Waals surface area (Å²) < 4.78 is 11.5. The predicted octanol–water partition coefficient (Wildman–Crippen LogP) is 1.81. The molecule has 30 heavy (non-hydrogen) atoms. The smallest absolute Gasteiger partial charge is 0.319 e. The number of amides is 2. The molecule has 0 spiro atoms. The number of urea groups is 1. The maximum Gasteiger partial charge on any atom is 0.319 e. The van der Waals surface area contributed by atoms with Crippen molar-refractivity contribution in [3.05, 3.63) is 29.8 Å². The molecule has 1 fully saturated rings. The Bertz CT molecular complexity index is 890. The molecule has 3 N–H and O–H groups in total. The lowest BCUT2D eigenvalue weighted by Crippen LogP contribution is -2.45. The quantitative estimate of drug-likeness (QED) is 0.686. The largest absolute Gasteiger partial charge is 0.477 e. The van der Waals surface area contributed by atoms with E-state index in [9.17, 15) is 4.79 Å². The zero-order valence-corrected chi connectivity index (χ0v) is 17.1. The highest BCUT2D eigenvalue weighted by Gasteiger charge is 2.28. The number of nitrogens with one attached hydrogen (secondary N) is 2. The number of aromatic nitrogens is 2. The average Bonchev–Trinajstić information content (AvgIpc) is 2.78. The molecule has 2 amide bonds. The number of morpholine rings is 1. The molecule has 0 aliphatic carbocycles. The summed E-state index contributed by atoms with van der Waals surface area (Å²) in [4.78, 5) is 23.6. The lowest BCUT2D eigenvalue weighted by Gasteiger charge is -2.36. The van der Waals surface area contributed by atoms with Crippen molar-refractivity contribution >= 4 is 17.5 Å². The highest BCUT2D eigenvalue weighted by atomic mass is 16.5. The maximum atomic E-state index is 11.7. The molecule has 1 atom stereocenters. The fraction of sp³-hybridized carbons (Fsp3) is 0.476. The number of hydrogen-bond acceptors (Lipinski definition) is 7. The van der Waals surface area contributed by atoms with Gasteiger partial charge in [0.2, 0.25) is 5.88 Å². The van der Waals surface area contributed by atoms with E-state index in [1.165, 1.54) is 0 Å². The molecule has 1 aromatic carbocycles. The first-order valence-corrected chi connectivity index (χ1v) is 10.3. The standard InChI is InChI=1S/C21H27N5O4/c1-14-13-29-12-9-26(14)19-17-3-2-11-30-20(17)25-18(24-19)15-4-6-16(7-5-15)23-21(28)22-8-10-27/h4-7,14,27H,2-3,8-13H2,1H3,(H2,22,23,28). The van der Waals surface area contributed by atoms with Gasteiger partial charge in [-0.15, -0.1) is 0 Å². The van der Waals surface area contributed by atoms with Crippen LogP contribution in [0, 0.1) is 0 Å². The van der Waals surface area contributed by atoms with Crippen molar-refractivity contribution in [3.63, 3.8) is 0 Å². The van der Waals surface area contributed by atoms with Gasteiger partial charge in [-0.2, -0.15) is 4.98 Å². The monoisotopic (exact) mass is 413 g/mol. The molecule has 0 saturated carbocycles. The number of rotatable bonds is 5. The minimum Gasteiger partial charge on any atom is -0.477 e. The Morgan fingerprint density at radius 3 is 2.87 bits per heavy atom. The topological polar surface area (TPSA) is 109 Å². The van der Waals surface area contributed by atoms with E-state index in [0.717, 1.165) is 36.3 Å². The molecule has 3 heterocycles. The Morgan fingerprint density at radius 1 is 1.27 bits per heavy atom. The number of fused-ring (bicyclic) bond motifs is 1. The van der Waals surface area contributed by atoms with Crippen molar-refractivity contribution in [3.8, 4) is 17.3 Å². The molecular formula is C21H27N5O4. The van der Waals surface area contributed by atoms with Gasteiger partial charge in [-0.25, -0.2) is 9.78 Å². The minimum absolute atomic E-state index is 0.103. The number of ether oxygens (including phenoxy) is 2. The van der Waals surface area contributed by atoms with E-state index in [0.29, 0.717) is 37.2 Å². The molecule has 0 bridgehead atoms. The van der Waals surface area contributed by atoms with E-state index >= 15 is 0 Å². The van der Waals surface area contributed by atoms with Crippen molar-refractivity contribution in [2.75, 3.05) is 49.7 Å². The number of benzene rings is 1. The van der Waals surface area contributed by atoms with Gasteiger partial charge in [0.25, 0.3) is 0 Å². The summed E-state index contributed by atoms with van der Waals surface area (Å²) in [6, 6.07) is 7.22. The van der Waals surface area contributed by atoms with E-state index in [1.54, 1.807) is 12.1 Å². The van der Waals surface area contributed by atoms with Crippen LogP contribution in [-0.2, 0) is 11.2 Å². The molecule has 1 aromatic heterocycles. The van der Waals surface area contributed by atoms with Crippen LogP contribution in [0.2, 0.25) is 0 Å². The molecule has 2 aliphatic heterocycles. The van der Waals surface area contributed by atoms with Gasteiger partial charge in [-0.1, -0.05) is 0 Å². The highest BCUT2D eigenvalue weighted by molar-refractivity contribution is 5.89. The van der Waals surface area contributed by atoms with Crippen molar-refractivity contribution < 1.29 is 19.4 Å². The molecule has 1 unspecified atom stereocenters. The van der Waals surface area contributed by atoms with Gasteiger partial charge in [0, 0.05) is 24.3 Å². The number of carbonyl (C=O) groups is 1. The molecule has 9 nitrogen and oxygen atoms in total. The summed E-state index contributed by atoms with van der Waals surface area (Å²) in [5.41, 5.74) is 2.55. The number of carbonyl (C=O) groups excluding carboxylic acids is 1. The number of hydrogen-bond donors (Lipinski definition) is 3. The summed E-state index contributed by atoms with van der Waals surface area (Å²) in [6.45, 7) is 5.04. The minimum atomic E-state index is -0.362. The second-order valence-corrected chi connectivity index (χ2v) is 7.41. The number of aliphatic hydroxyl groups is 1. The van der Waals surface area contributed by atoms with Gasteiger partial charge in [-0.05, 0) is 44.0 Å². The third-order valence-corrected chi connectivity index (χ3v) is 5.20. The molecule has 4 rings (SSSR count). The van der Waals surface area contributed by atoms with Crippen LogP contribution in [0.3, 0.4) is 0 Å². The van der Waals surface area contributed by atoms with Crippen LogP contribution in [0.5, 0.6) is 5.88 Å². The first-order valence-electron chi connectivity index (χ1n) is 10.3. The van der Waals surface area contributed by atoms with Gasteiger partial charge in [0.15, 0.2) is 5.82 Å². The van der Waals surface area contributed by atoms with Crippen molar-refractivity contribution in [2.45, 2.75) is 25.8 Å². The second kappa shape index (κ2) is 9.27. The van der Waals surface area contributed by atoms with Crippen LogP contribution >= 0.6 is 0 Å². The molecule has 2 aliphatic rings. The molecular weight excluding hydrogens is 386 g/mol. The molecule has 9 heteroatoms. The van der Waals surface area contributed by atoms with Gasteiger partial charge in [0.1, 0.15) is 5.82 Å². The first-order chi connectivity index (χ1) is 14.7. The summed E-state index contributed by atoms with van der Waals surface area (Å²) in [5.74, 6) is 2.18. The fourth-order valence-corrected chi connectivity index (χ4v) is 3.66. The van der Waals surface area contributed by atoms with Crippen molar-refractivity contribution in [1.82, 2.24) is 15.3 Å². The summed E-state index contributed by atoms with van der Waals surface area (Å²) >= 11 is 0. The van der Waals surface area contributed by atoms with Crippen molar-refractivity contribution in [2.24, 2.45) is 0 Å². The SMILES string of the molecule is CC1COCCN1c1nc(-c2ccc(NC(=O)NCCO)cc2)nc2c1CCCO2. The van der Waals surface area contributed by atoms with Crippen LogP contribution in [0.4, 0.5) is 16.3 Å². The molecule has 0 radical (unpaired) electrons. The third kappa shape index (κ3) is 4.47. The Labute approximate surface area is 175 Å². The lowest BCUT2D eigenvalue weighted by molar-refractivity contribution is 0.0983. The Kier molecular flexibility index (Phi) is 6.29. The maximum absolute atomic E-state index is 11.7. The van der Waals surface area contributed by atoms with E-state index in [4.69, 9.17) is 19.6 Å². The first kappa shape index (κ1) is 20.4. The van der Waals surface area contributed by atoms with Crippen LogP contribution in [0.15, 0.2) is 24.3 Å². The Morgan fingerprint density at radius 2 is 2.10 bits per heavy atom. The number of aliphatic hydroxyl groups excluding tert-OH is 1. The summed E-state index contributed by atoms with van der Waals surface area (Å²) in [6.07, 6.45) is 1.86. The van der Waals surface area contributed by atoms with Gasteiger partial charge in [-0.3, -0.25) is 0 Å². The summed E-state index contributed by atoms with van der Waals surface area (Å²) in [5, 5.41) is 14.1. The van der Waals surface area contributed by atoms with Crippen molar-refractivity contribution in [1.29, 1.82) is 0 Å². The number of nitrogens with zero attached hydrogens (tertiary/aromatic N) is 3. The zero-order chi connectivity index (χ0) is 20.9. The van der Waals surface area contributed by atoms with E-state index in [2.05, 4.69) is 27.4 Å². The fourth-order valence-electron chi connectivity index (χ4n) is 3.66. The van der Waals surface area contributed by atoms with Crippen LogP contribution in [0.1, 0.15) is 18.9 Å². The van der Waals surface area contributed by atoms with E-state index in [-0.39, 0.29) is 25.2 Å². The third-order valence-electron chi connectivity index (χ3n) is 5.20. The van der Waals surface area contributed by atoms with Crippen LogP contribution in [0.25, 0.3) is 11.4 Å². The molecule has 1 saturated heterocycles. The van der Waals surface area contributed by atoms with E-state index < -0.39 is 0 Å². The molecule has 2 aromatic rings. The zero-order valence-electron chi connectivity index (χ0n) is 17.1. The molecule has 160 valence electrons. The van der Waals surface area contributed by atoms with Gasteiger partial charge >= 0.3 is 6.03 Å². The van der Waals surface area contributed by atoms with Gasteiger partial charge < -0.3 is 30.1 Å². The Hall–Kier alpha value is -2.91. The predicted molar refractivity (Wildman–Crippen MR) is 113 cm³/mol. The van der Waals surface area contributed by atoms with Gasteiger partial charge in [0.05, 0.1) is 38.0 Å². The summed E-state index contributed by atoms with van der Waals surface area (Å²) in [7, 11) is 0. The number of anilines is 2. The Balaban J connectivity index is 1.61. The second-order valence-electron chi connectivity index (χ2n) is 7.41. The average molecular weight is 413 g/mol. The lowest BCUT2D eigenvalue weighted by atomic mass is 10.1. The van der Waals surface area contributed by atoms with Crippen LogP contribution < -0.4 is 20.3 Å². The van der Waals surface area contributed by atoms with E-state index in [1.807, 2.05) is 12.1 Å². The highest BCUT2D eigenvalue weighted by Crippen LogP contribution is 2.34. The normalized spacial score (nSPS) is 18.3.